The van der Waals surface area contributed by atoms with Crippen molar-refractivity contribution in [1.82, 2.24) is 0 Å². The van der Waals surface area contributed by atoms with Crippen LogP contribution in [0.5, 0.6) is 5.75 Å². The van der Waals surface area contributed by atoms with E-state index in [1.165, 1.54) is 0 Å². The van der Waals surface area contributed by atoms with Crippen LogP contribution < -0.4 is 4.52 Å². The maximum Gasteiger partial charge on any atom is 0.530 e. The lowest BCUT2D eigenvalue weighted by Crippen LogP contribution is -2.03. The SMILES string of the molecule is C=CCCOP(=O)(OCC)Oc1ccccc1Cl. The van der Waals surface area contributed by atoms with Gasteiger partial charge < -0.3 is 4.52 Å². The van der Waals surface area contributed by atoms with Crippen molar-refractivity contribution in [3.8, 4) is 5.75 Å². The highest BCUT2D eigenvalue weighted by Crippen LogP contribution is 2.50. The Morgan fingerprint density at radius 1 is 1.39 bits per heavy atom. The third kappa shape index (κ3) is 4.83. The Kier molecular flexibility index (Phi) is 6.44. The van der Waals surface area contributed by atoms with Gasteiger partial charge >= 0.3 is 7.82 Å². The molecule has 0 aliphatic carbocycles. The number of benzene rings is 1. The van der Waals surface area contributed by atoms with Crippen LogP contribution in [0.4, 0.5) is 0 Å². The first-order valence-corrected chi connectivity index (χ1v) is 7.39. The second-order valence-electron chi connectivity index (χ2n) is 3.30. The molecule has 1 rings (SSSR count). The van der Waals surface area contributed by atoms with Gasteiger partial charge in [0.05, 0.1) is 18.2 Å². The van der Waals surface area contributed by atoms with Crippen LogP contribution in [0.25, 0.3) is 0 Å². The predicted molar refractivity (Wildman–Crippen MR) is 72.1 cm³/mol. The van der Waals surface area contributed by atoms with Gasteiger partial charge in [0.2, 0.25) is 0 Å². The molecule has 0 aliphatic rings. The van der Waals surface area contributed by atoms with Gasteiger partial charge in [-0.15, -0.1) is 6.58 Å². The molecular formula is C12H16ClO4P. The lowest BCUT2D eigenvalue weighted by molar-refractivity contribution is 0.163. The minimum Gasteiger partial charge on any atom is -0.402 e. The van der Waals surface area contributed by atoms with Gasteiger partial charge in [-0.3, -0.25) is 9.05 Å². The van der Waals surface area contributed by atoms with Gasteiger partial charge in [0, 0.05) is 0 Å². The number of para-hydroxylation sites is 1. The summed E-state index contributed by atoms with van der Waals surface area (Å²) >= 11 is 5.92. The molecule has 0 amide bonds. The van der Waals surface area contributed by atoms with Gasteiger partial charge in [-0.25, -0.2) is 4.57 Å². The van der Waals surface area contributed by atoms with Gasteiger partial charge in [-0.1, -0.05) is 29.8 Å². The monoisotopic (exact) mass is 290 g/mol. The first kappa shape index (κ1) is 15.3. The molecule has 1 aromatic rings. The Morgan fingerprint density at radius 3 is 2.72 bits per heavy atom. The van der Waals surface area contributed by atoms with E-state index in [0.29, 0.717) is 11.4 Å². The van der Waals surface area contributed by atoms with Crippen LogP contribution in [0, 0.1) is 0 Å². The zero-order chi connectivity index (χ0) is 13.4. The summed E-state index contributed by atoms with van der Waals surface area (Å²) in [6.07, 6.45) is 2.22. The minimum absolute atomic E-state index is 0.214. The van der Waals surface area contributed by atoms with Crippen molar-refractivity contribution in [3.05, 3.63) is 41.9 Å². The van der Waals surface area contributed by atoms with Crippen molar-refractivity contribution in [3.63, 3.8) is 0 Å². The molecule has 100 valence electrons. The zero-order valence-corrected chi connectivity index (χ0v) is 11.8. The fraction of sp³-hybridized carbons (Fsp3) is 0.333. The molecule has 0 aliphatic heterocycles. The molecule has 0 saturated carbocycles. The van der Waals surface area contributed by atoms with E-state index in [4.69, 9.17) is 25.2 Å². The van der Waals surface area contributed by atoms with Crippen LogP contribution in [-0.2, 0) is 13.6 Å². The smallest absolute Gasteiger partial charge is 0.402 e. The van der Waals surface area contributed by atoms with E-state index in [0.717, 1.165) is 0 Å². The minimum atomic E-state index is -3.63. The topological polar surface area (TPSA) is 44.8 Å². The van der Waals surface area contributed by atoms with Crippen molar-refractivity contribution in [1.29, 1.82) is 0 Å². The fourth-order valence-corrected chi connectivity index (χ4v) is 2.59. The second-order valence-corrected chi connectivity index (χ2v) is 5.30. The average Bonchev–Trinajstić information content (AvgIpc) is 2.33. The van der Waals surface area contributed by atoms with E-state index < -0.39 is 7.82 Å². The second kappa shape index (κ2) is 7.59. The molecule has 6 heteroatoms. The van der Waals surface area contributed by atoms with E-state index in [-0.39, 0.29) is 19.0 Å². The highest BCUT2D eigenvalue weighted by Gasteiger charge is 2.28. The summed E-state index contributed by atoms with van der Waals surface area (Å²) in [4.78, 5) is 0. The molecule has 1 aromatic carbocycles. The zero-order valence-electron chi connectivity index (χ0n) is 10.2. The van der Waals surface area contributed by atoms with Crippen molar-refractivity contribution in [2.75, 3.05) is 13.2 Å². The maximum absolute atomic E-state index is 12.3. The molecule has 1 unspecified atom stereocenters. The molecule has 18 heavy (non-hydrogen) atoms. The lowest BCUT2D eigenvalue weighted by atomic mass is 10.3. The van der Waals surface area contributed by atoms with E-state index in [9.17, 15) is 4.57 Å². The quantitative estimate of drug-likeness (QED) is 0.403. The molecule has 0 saturated heterocycles. The van der Waals surface area contributed by atoms with E-state index in [1.54, 1.807) is 37.3 Å². The molecule has 0 heterocycles. The van der Waals surface area contributed by atoms with E-state index >= 15 is 0 Å². The highest BCUT2D eigenvalue weighted by molar-refractivity contribution is 7.48. The standard InChI is InChI=1S/C12H16ClO4P/c1-3-5-10-16-18(14,15-4-2)17-12-9-7-6-8-11(12)13/h3,6-9H,1,4-5,10H2,2H3. The number of halogens is 1. The maximum atomic E-state index is 12.3. The van der Waals surface area contributed by atoms with Crippen LogP contribution >= 0.6 is 19.4 Å². The number of hydrogen-bond donors (Lipinski definition) is 0. The van der Waals surface area contributed by atoms with Crippen molar-refractivity contribution in [2.45, 2.75) is 13.3 Å². The predicted octanol–water partition coefficient (Wildman–Crippen LogP) is 4.46. The fourth-order valence-electron chi connectivity index (χ4n) is 1.14. The largest absolute Gasteiger partial charge is 0.530 e. The molecule has 4 nitrogen and oxygen atoms in total. The molecule has 0 fully saturated rings. The number of phosphoric ester groups is 1. The number of hydrogen-bond acceptors (Lipinski definition) is 4. The Morgan fingerprint density at radius 2 is 2.11 bits per heavy atom. The third-order valence-electron chi connectivity index (χ3n) is 1.91. The molecule has 0 spiro atoms. The summed E-state index contributed by atoms with van der Waals surface area (Å²) in [5, 5.41) is 0.352. The molecule has 0 N–H and O–H groups in total. The van der Waals surface area contributed by atoms with Crippen LogP contribution in [-0.4, -0.2) is 13.2 Å². The first-order valence-electron chi connectivity index (χ1n) is 5.55. The molecular weight excluding hydrogens is 275 g/mol. The van der Waals surface area contributed by atoms with Crippen molar-refractivity contribution < 1.29 is 18.1 Å². The number of phosphoric acid groups is 1. The lowest BCUT2D eigenvalue weighted by Gasteiger charge is -2.18. The van der Waals surface area contributed by atoms with Gasteiger partial charge in [0.25, 0.3) is 0 Å². The summed E-state index contributed by atoms with van der Waals surface area (Å²) in [7, 11) is -3.63. The van der Waals surface area contributed by atoms with Crippen LogP contribution in [0.15, 0.2) is 36.9 Å². The normalized spacial score (nSPS) is 13.9. The summed E-state index contributed by atoms with van der Waals surface area (Å²) < 4.78 is 27.7. The van der Waals surface area contributed by atoms with Crippen LogP contribution in [0.2, 0.25) is 5.02 Å². The highest BCUT2D eigenvalue weighted by atomic mass is 35.5. The molecule has 0 bridgehead atoms. The van der Waals surface area contributed by atoms with Crippen molar-refractivity contribution >= 4 is 19.4 Å². The first-order chi connectivity index (χ1) is 8.61. The van der Waals surface area contributed by atoms with Crippen LogP contribution in [0.1, 0.15) is 13.3 Å². The average molecular weight is 291 g/mol. The van der Waals surface area contributed by atoms with Crippen molar-refractivity contribution in [2.24, 2.45) is 0 Å². The Balaban J connectivity index is 2.75. The summed E-state index contributed by atoms with van der Waals surface area (Å²) in [5.41, 5.74) is 0. The third-order valence-corrected chi connectivity index (χ3v) is 3.71. The molecule has 0 radical (unpaired) electrons. The van der Waals surface area contributed by atoms with Gasteiger partial charge in [0.1, 0.15) is 5.75 Å². The summed E-state index contributed by atoms with van der Waals surface area (Å²) in [5.74, 6) is 0.273. The van der Waals surface area contributed by atoms with E-state index in [2.05, 4.69) is 6.58 Å². The van der Waals surface area contributed by atoms with Gasteiger partial charge in [-0.05, 0) is 25.5 Å². The summed E-state index contributed by atoms with van der Waals surface area (Å²) in [6.45, 7) is 5.69. The van der Waals surface area contributed by atoms with Gasteiger partial charge in [-0.2, -0.15) is 0 Å². The number of rotatable bonds is 8. The van der Waals surface area contributed by atoms with Gasteiger partial charge in [0.15, 0.2) is 0 Å². The molecule has 0 aromatic heterocycles. The van der Waals surface area contributed by atoms with E-state index in [1.807, 2.05) is 0 Å². The molecule has 1 atom stereocenters. The Bertz CT molecular complexity index is 436. The Labute approximate surface area is 112 Å². The Hall–Kier alpha value is -0.800. The van der Waals surface area contributed by atoms with Crippen LogP contribution in [0.3, 0.4) is 0 Å². The summed E-state index contributed by atoms with van der Waals surface area (Å²) in [6, 6.07) is 6.71.